The Morgan fingerprint density at radius 1 is 0.737 bits per heavy atom. The van der Waals surface area contributed by atoms with Crippen molar-refractivity contribution in [1.82, 2.24) is 5.48 Å². The smallest absolute Gasteiger partial charge is 0.243 e. The minimum Gasteiger partial charge on any atom is -0.508 e. The van der Waals surface area contributed by atoms with Crippen molar-refractivity contribution in [3.63, 3.8) is 0 Å². The molecule has 0 aliphatic rings. The quantitative estimate of drug-likeness (QED) is 0.108. The highest BCUT2D eigenvalue weighted by molar-refractivity contribution is 5.74. The molecule has 2 rings (SSSR count). The van der Waals surface area contributed by atoms with Crippen LogP contribution in [0.5, 0.6) is 11.5 Å². The first-order valence-corrected chi connectivity index (χ1v) is 14.5. The molecule has 0 atom stereocenters. The van der Waals surface area contributed by atoms with Crippen molar-refractivity contribution in [1.29, 1.82) is 0 Å². The summed E-state index contributed by atoms with van der Waals surface area (Å²) in [6, 6.07) is 15.7. The van der Waals surface area contributed by atoms with Gasteiger partial charge in [-0.3, -0.25) is 14.4 Å². The molecule has 6 heteroatoms. The average molecular weight is 534 g/mol. The lowest BCUT2D eigenvalue weighted by molar-refractivity contribution is -0.129. The van der Waals surface area contributed by atoms with E-state index in [0.29, 0.717) is 25.2 Å². The normalized spacial score (nSPS) is 10.0. The fraction of sp³-hybridized carbons (Fsp3) is 0.594. The number of halogens is 1. The molecule has 0 fully saturated rings. The molecule has 0 aromatic heterocycles. The molecule has 0 bridgehead atoms. The lowest BCUT2D eigenvalue weighted by atomic mass is 10.0. The highest BCUT2D eigenvalue weighted by Gasteiger charge is 1.97. The Balaban J connectivity index is 0.000000661. The van der Waals surface area contributed by atoms with Gasteiger partial charge in [0.1, 0.15) is 11.5 Å². The number of phenols is 1. The van der Waals surface area contributed by atoms with Crippen LogP contribution < -0.4 is 10.2 Å². The molecule has 0 aliphatic heterocycles. The second kappa shape index (κ2) is 26.0. The Labute approximate surface area is 230 Å². The minimum atomic E-state index is -0.317. The van der Waals surface area contributed by atoms with Crippen LogP contribution in [0.25, 0.3) is 0 Å². The third-order valence-electron chi connectivity index (χ3n) is 5.87. The van der Waals surface area contributed by atoms with Gasteiger partial charge in [0.25, 0.3) is 0 Å². The van der Waals surface area contributed by atoms with Crippen LogP contribution in [0.1, 0.15) is 109 Å². The van der Waals surface area contributed by atoms with E-state index in [9.17, 15) is 9.18 Å². The van der Waals surface area contributed by atoms with Crippen LogP contribution in [-0.4, -0.2) is 29.5 Å². The minimum absolute atomic E-state index is 0.249. The van der Waals surface area contributed by atoms with Crippen LogP contribution in [0.4, 0.5) is 4.39 Å². The van der Waals surface area contributed by atoms with Gasteiger partial charge in [-0.25, -0.2) is 5.48 Å². The molecule has 0 aliphatic carbocycles. The molecule has 5 nitrogen and oxygen atoms in total. The van der Waals surface area contributed by atoms with Crippen molar-refractivity contribution in [3.05, 3.63) is 59.7 Å². The maximum Gasteiger partial charge on any atom is 0.243 e. The van der Waals surface area contributed by atoms with Crippen LogP contribution in [0.15, 0.2) is 48.5 Å². The summed E-state index contributed by atoms with van der Waals surface area (Å²) in [4.78, 5) is 10.1. The van der Waals surface area contributed by atoms with Crippen LogP contribution in [0.3, 0.4) is 0 Å². The number of amides is 1. The van der Waals surface area contributed by atoms with Crippen molar-refractivity contribution in [3.8, 4) is 11.5 Å². The van der Waals surface area contributed by atoms with Crippen LogP contribution >= 0.6 is 0 Å². The number of nitrogens with one attached hydrogen (secondary N) is 1. The summed E-state index contributed by atoms with van der Waals surface area (Å²) in [6.45, 7) is 6.64. The predicted molar refractivity (Wildman–Crippen MR) is 156 cm³/mol. The van der Waals surface area contributed by atoms with E-state index in [4.69, 9.17) is 15.1 Å². The van der Waals surface area contributed by atoms with E-state index < -0.39 is 0 Å². The molecule has 38 heavy (non-hydrogen) atoms. The molecular formula is C32H52FNO4. The second-order valence-corrected chi connectivity index (χ2v) is 9.46. The van der Waals surface area contributed by atoms with Gasteiger partial charge in [-0.2, -0.15) is 0 Å². The fourth-order valence-corrected chi connectivity index (χ4v) is 3.66. The van der Waals surface area contributed by atoms with E-state index in [2.05, 4.69) is 26.0 Å². The van der Waals surface area contributed by atoms with Crippen molar-refractivity contribution in [2.75, 3.05) is 13.3 Å². The first kappa shape index (κ1) is 35.4. The SMILES string of the molecule is CCCC(=O)NO.CCCCCCCCCc1ccc(OCCCCF)cc1.CCCc1ccc(O)cc1. The van der Waals surface area contributed by atoms with Crippen LogP contribution in [0, 0.1) is 0 Å². The number of rotatable bonds is 17. The summed E-state index contributed by atoms with van der Waals surface area (Å²) in [5, 5.41) is 16.8. The maximum absolute atomic E-state index is 12.0. The van der Waals surface area contributed by atoms with E-state index in [1.54, 1.807) is 12.1 Å². The summed E-state index contributed by atoms with van der Waals surface area (Å²) in [5.74, 6) is 0.930. The topological polar surface area (TPSA) is 78.8 Å². The molecule has 0 saturated carbocycles. The molecule has 1 amide bonds. The van der Waals surface area contributed by atoms with Gasteiger partial charge in [0, 0.05) is 6.42 Å². The van der Waals surface area contributed by atoms with Crippen LogP contribution in [-0.2, 0) is 17.6 Å². The standard InChI is InChI=1S/C19H31FO.C9H12O.C4H9NO2/c1-2-3-4-5-6-7-8-11-18-12-14-19(15-13-18)21-17-10-9-16-20;1-2-3-8-4-6-9(10)7-5-8;1-2-3-4(6)5-7/h12-15H,2-11,16-17H2,1H3;4-7,10H,2-3H2,1H3;7H,2-3H2,1H3,(H,5,6). The number of aryl methyl sites for hydroxylation is 2. The van der Waals surface area contributed by atoms with E-state index in [-0.39, 0.29) is 12.6 Å². The highest BCUT2D eigenvalue weighted by atomic mass is 19.1. The number of ether oxygens (including phenoxy) is 1. The van der Waals surface area contributed by atoms with Crippen molar-refractivity contribution in [2.24, 2.45) is 0 Å². The maximum atomic E-state index is 12.0. The zero-order valence-electron chi connectivity index (χ0n) is 24.0. The number of aromatic hydroxyl groups is 1. The number of phenolic OH excluding ortho intramolecular Hbond substituents is 1. The summed E-state index contributed by atoms with van der Waals surface area (Å²) in [6.07, 6.45) is 15.4. The second-order valence-electron chi connectivity index (χ2n) is 9.46. The molecular weight excluding hydrogens is 481 g/mol. The van der Waals surface area contributed by atoms with E-state index in [1.807, 2.05) is 31.2 Å². The molecule has 3 N–H and O–H groups in total. The van der Waals surface area contributed by atoms with E-state index >= 15 is 0 Å². The molecule has 0 spiro atoms. The molecule has 216 valence electrons. The predicted octanol–water partition coefficient (Wildman–Crippen LogP) is 8.74. The lowest BCUT2D eigenvalue weighted by Gasteiger charge is -2.07. The number of alkyl halides is 1. The average Bonchev–Trinajstić information content (AvgIpc) is 2.93. The Morgan fingerprint density at radius 3 is 1.84 bits per heavy atom. The zero-order valence-corrected chi connectivity index (χ0v) is 24.0. The number of hydroxylamine groups is 1. The monoisotopic (exact) mass is 533 g/mol. The van der Waals surface area contributed by atoms with Gasteiger partial charge in [-0.05, 0) is 73.9 Å². The Bertz CT molecular complexity index is 781. The van der Waals surface area contributed by atoms with Crippen molar-refractivity contribution >= 4 is 5.91 Å². The lowest BCUT2D eigenvalue weighted by Crippen LogP contribution is -2.17. The number of benzene rings is 2. The van der Waals surface area contributed by atoms with Gasteiger partial charge in [0.05, 0.1) is 13.3 Å². The Hall–Kier alpha value is -2.60. The van der Waals surface area contributed by atoms with E-state index in [0.717, 1.165) is 37.9 Å². The number of unbranched alkanes of at least 4 members (excludes halogenated alkanes) is 7. The molecule has 0 saturated heterocycles. The van der Waals surface area contributed by atoms with Crippen molar-refractivity contribution < 1.29 is 24.2 Å². The summed E-state index contributed by atoms with van der Waals surface area (Å²) < 4.78 is 17.5. The third-order valence-corrected chi connectivity index (χ3v) is 5.87. The van der Waals surface area contributed by atoms with Crippen LogP contribution in [0.2, 0.25) is 0 Å². The highest BCUT2D eigenvalue weighted by Crippen LogP contribution is 2.16. The summed E-state index contributed by atoms with van der Waals surface area (Å²) >= 11 is 0. The Morgan fingerprint density at radius 2 is 1.32 bits per heavy atom. The number of carbonyl (C=O) groups is 1. The van der Waals surface area contributed by atoms with E-state index in [1.165, 1.54) is 61.6 Å². The first-order valence-electron chi connectivity index (χ1n) is 14.5. The zero-order chi connectivity index (χ0) is 28.3. The molecule has 0 radical (unpaired) electrons. The largest absolute Gasteiger partial charge is 0.508 e. The molecule has 0 heterocycles. The summed E-state index contributed by atoms with van der Waals surface area (Å²) in [7, 11) is 0. The number of hydrogen-bond acceptors (Lipinski definition) is 4. The van der Waals surface area contributed by atoms with Gasteiger partial charge >= 0.3 is 0 Å². The number of carbonyl (C=O) groups excluding carboxylic acids is 1. The molecule has 2 aromatic carbocycles. The fourth-order valence-electron chi connectivity index (χ4n) is 3.66. The molecule has 2 aromatic rings. The Kier molecular flexibility index (Phi) is 24.2. The first-order chi connectivity index (χ1) is 18.5. The third kappa shape index (κ3) is 21.5. The van der Waals surface area contributed by atoms with Crippen molar-refractivity contribution in [2.45, 2.75) is 111 Å². The van der Waals surface area contributed by atoms with Gasteiger partial charge in [0.2, 0.25) is 5.91 Å². The van der Waals surface area contributed by atoms with Gasteiger partial charge in [-0.1, -0.05) is 90.0 Å². The van der Waals surface area contributed by atoms with Gasteiger partial charge < -0.3 is 9.84 Å². The summed E-state index contributed by atoms with van der Waals surface area (Å²) in [5.41, 5.74) is 4.21. The van der Waals surface area contributed by atoms with Gasteiger partial charge in [-0.15, -0.1) is 0 Å². The molecule has 0 unspecified atom stereocenters. The number of hydrogen-bond donors (Lipinski definition) is 3. The van der Waals surface area contributed by atoms with Gasteiger partial charge in [0.15, 0.2) is 0 Å².